The molecule has 0 aliphatic carbocycles. The van der Waals surface area contributed by atoms with Crippen LogP contribution in [-0.2, 0) is 13.1 Å². The SMILES string of the molecule is CCOc1ccc(C[NH2+]Cc2cccnc2)cc1OC. The summed E-state index contributed by atoms with van der Waals surface area (Å²) in [6, 6.07) is 10.1. The highest BCUT2D eigenvalue weighted by molar-refractivity contribution is 5.42. The van der Waals surface area contributed by atoms with Gasteiger partial charge in [0.05, 0.1) is 13.7 Å². The molecule has 0 spiro atoms. The van der Waals surface area contributed by atoms with Crippen LogP contribution in [0.15, 0.2) is 42.7 Å². The lowest BCUT2D eigenvalue weighted by Crippen LogP contribution is -2.80. The zero-order valence-electron chi connectivity index (χ0n) is 12.0. The lowest BCUT2D eigenvalue weighted by molar-refractivity contribution is -0.686. The average molecular weight is 273 g/mol. The first-order valence-electron chi connectivity index (χ1n) is 6.83. The van der Waals surface area contributed by atoms with Crippen LogP contribution in [0.4, 0.5) is 0 Å². The van der Waals surface area contributed by atoms with Crippen molar-refractivity contribution < 1.29 is 14.8 Å². The molecule has 20 heavy (non-hydrogen) atoms. The minimum absolute atomic E-state index is 0.642. The number of pyridine rings is 1. The summed E-state index contributed by atoms with van der Waals surface area (Å²) < 4.78 is 10.9. The number of hydrogen-bond donors (Lipinski definition) is 1. The van der Waals surface area contributed by atoms with Crippen LogP contribution in [0.2, 0.25) is 0 Å². The van der Waals surface area contributed by atoms with Gasteiger partial charge in [-0.05, 0) is 31.2 Å². The van der Waals surface area contributed by atoms with Crippen LogP contribution >= 0.6 is 0 Å². The third-order valence-corrected chi connectivity index (χ3v) is 3.01. The van der Waals surface area contributed by atoms with Gasteiger partial charge in [0.15, 0.2) is 11.5 Å². The quantitative estimate of drug-likeness (QED) is 0.836. The summed E-state index contributed by atoms with van der Waals surface area (Å²) in [5.41, 5.74) is 2.44. The minimum Gasteiger partial charge on any atom is -0.493 e. The summed E-state index contributed by atoms with van der Waals surface area (Å²) in [7, 11) is 1.67. The number of hydrogen-bond acceptors (Lipinski definition) is 3. The Hall–Kier alpha value is -2.07. The molecule has 0 saturated carbocycles. The van der Waals surface area contributed by atoms with Crippen molar-refractivity contribution in [3.05, 3.63) is 53.9 Å². The maximum atomic E-state index is 5.51. The highest BCUT2D eigenvalue weighted by Gasteiger charge is 2.06. The molecule has 0 saturated heterocycles. The van der Waals surface area contributed by atoms with Crippen molar-refractivity contribution in [3.63, 3.8) is 0 Å². The van der Waals surface area contributed by atoms with E-state index in [9.17, 15) is 0 Å². The van der Waals surface area contributed by atoms with Crippen LogP contribution in [-0.4, -0.2) is 18.7 Å². The highest BCUT2D eigenvalue weighted by atomic mass is 16.5. The third-order valence-electron chi connectivity index (χ3n) is 3.01. The molecule has 2 N–H and O–H groups in total. The normalized spacial score (nSPS) is 10.3. The van der Waals surface area contributed by atoms with Crippen molar-refractivity contribution in [3.8, 4) is 11.5 Å². The molecule has 1 aromatic heterocycles. The second-order valence-electron chi connectivity index (χ2n) is 4.48. The molecule has 0 fully saturated rings. The van der Waals surface area contributed by atoms with E-state index in [1.54, 1.807) is 13.3 Å². The number of benzene rings is 1. The largest absolute Gasteiger partial charge is 0.493 e. The molecule has 0 aliphatic rings. The molecule has 0 aliphatic heterocycles. The Morgan fingerprint density at radius 1 is 1.10 bits per heavy atom. The van der Waals surface area contributed by atoms with Crippen molar-refractivity contribution in [1.82, 2.24) is 4.98 Å². The molecule has 0 atom stereocenters. The number of nitrogens with two attached hydrogens (primary N) is 1. The lowest BCUT2D eigenvalue weighted by atomic mass is 10.2. The van der Waals surface area contributed by atoms with Crippen LogP contribution in [0.3, 0.4) is 0 Å². The standard InChI is InChI=1S/C16H20N2O2/c1-3-20-15-7-6-13(9-16(15)19-2)10-18-12-14-5-4-8-17-11-14/h4-9,11,18H,3,10,12H2,1-2H3/p+1. The van der Waals surface area contributed by atoms with E-state index in [4.69, 9.17) is 9.47 Å². The minimum atomic E-state index is 0.642. The van der Waals surface area contributed by atoms with E-state index in [0.29, 0.717) is 6.61 Å². The van der Waals surface area contributed by atoms with Crippen molar-refractivity contribution in [2.45, 2.75) is 20.0 Å². The summed E-state index contributed by atoms with van der Waals surface area (Å²) in [6.07, 6.45) is 3.69. The zero-order valence-corrected chi connectivity index (χ0v) is 12.0. The fraction of sp³-hybridized carbons (Fsp3) is 0.312. The predicted octanol–water partition coefficient (Wildman–Crippen LogP) is 1.75. The maximum Gasteiger partial charge on any atom is 0.161 e. The van der Waals surface area contributed by atoms with Crippen LogP contribution in [0.25, 0.3) is 0 Å². The number of methoxy groups -OCH3 is 1. The first kappa shape index (κ1) is 14.3. The van der Waals surface area contributed by atoms with Crippen LogP contribution in [0, 0.1) is 0 Å². The van der Waals surface area contributed by atoms with Gasteiger partial charge in [-0.2, -0.15) is 0 Å². The maximum absolute atomic E-state index is 5.51. The van der Waals surface area contributed by atoms with E-state index in [2.05, 4.69) is 22.4 Å². The van der Waals surface area contributed by atoms with Crippen molar-refractivity contribution >= 4 is 0 Å². The second kappa shape index (κ2) is 7.50. The zero-order chi connectivity index (χ0) is 14.2. The van der Waals surface area contributed by atoms with Crippen molar-refractivity contribution in [2.75, 3.05) is 13.7 Å². The van der Waals surface area contributed by atoms with Gasteiger partial charge in [-0.3, -0.25) is 4.98 Å². The van der Waals surface area contributed by atoms with Crippen LogP contribution in [0.1, 0.15) is 18.1 Å². The third kappa shape index (κ3) is 3.96. The Morgan fingerprint density at radius 3 is 2.65 bits per heavy atom. The Balaban J connectivity index is 1.93. The Kier molecular flexibility index (Phi) is 5.38. The number of ether oxygens (including phenoxy) is 2. The first-order chi connectivity index (χ1) is 9.83. The van der Waals surface area contributed by atoms with Crippen LogP contribution < -0.4 is 14.8 Å². The molecule has 4 heteroatoms. The van der Waals surface area contributed by atoms with Gasteiger partial charge in [-0.15, -0.1) is 0 Å². The van der Waals surface area contributed by atoms with E-state index < -0.39 is 0 Å². The monoisotopic (exact) mass is 273 g/mol. The lowest BCUT2D eigenvalue weighted by Gasteiger charge is -2.10. The van der Waals surface area contributed by atoms with E-state index in [-0.39, 0.29) is 0 Å². The Bertz CT molecular complexity index is 529. The van der Waals surface area contributed by atoms with Gasteiger partial charge in [0.1, 0.15) is 13.1 Å². The number of aromatic nitrogens is 1. The fourth-order valence-corrected chi connectivity index (χ4v) is 2.04. The molecular weight excluding hydrogens is 252 g/mol. The summed E-state index contributed by atoms with van der Waals surface area (Å²) in [5.74, 6) is 1.59. The van der Waals surface area contributed by atoms with E-state index in [1.165, 1.54) is 11.1 Å². The van der Waals surface area contributed by atoms with Gasteiger partial charge in [0.25, 0.3) is 0 Å². The van der Waals surface area contributed by atoms with Crippen molar-refractivity contribution in [2.24, 2.45) is 0 Å². The summed E-state index contributed by atoms with van der Waals surface area (Å²) in [5, 5.41) is 2.24. The summed E-state index contributed by atoms with van der Waals surface area (Å²) in [4.78, 5) is 4.11. The molecule has 1 heterocycles. The number of nitrogens with zero attached hydrogens (tertiary/aromatic N) is 1. The Labute approximate surface area is 119 Å². The van der Waals surface area contributed by atoms with Gasteiger partial charge in [0.2, 0.25) is 0 Å². The molecule has 0 unspecified atom stereocenters. The molecule has 1 aromatic carbocycles. The summed E-state index contributed by atoms with van der Waals surface area (Å²) >= 11 is 0. The first-order valence-corrected chi connectivity index (χ1v) is 6.83. The van der Waals surface area contributed by atoms with Crippen molar-refractivity contribution in [1.29, 1.82) is 0 Å². The topological polar surface area (TPSA) is 48.0 Å². The summed E-state index contributed by atoms with van der Waals surface area (Å²) in [6.45, 7) is 4.43. The highest BCUT2D eigenvalue weighted by Crippen LogP contribution is 2.27. The van der Waals surface area contributed by atoms with Crippen LogP contribution in [0.5, 0.6) is 11.5 Å². The predicted molar refractivity (Wildman–Crippen MR) is 77.7 cm³/mol. The van der Waals surface area contributed by atoms with Gasteiger partial charge < -0.3 is 14.8 Å². The molecular formula is C16H21N2O2+. The smallest absolute Gasteiger partial charge is 0.161 e. The van der Waals surface area contributed by atoms with Gasteiger partial charge in [0, 0.05) is 23.5 Å². The number of quaternary nitrogens is 1. The molecule has 0 amide bonds. The van der Waals surface area contributed by atoms with E-state index >= 15 is 0 Å². The Morgan fingerprint density at radius 2 is 1.95 bits per heavy atom. The fourth-order valence-electron chi connectivity index (χ4n) is 2.04. The molecule has 2 rings (SSSR count). The molecule has 0 bridgehead atoms. The van der Waals surface area contributed by atoms with E-state index in [1.807, 2.05) is 31.3 Å². The second-order valence-corrected chi connectivity index (χ2v) is 4.48. The van der Waals surface area contributed by atoms with E-state index in [0.717, 1.165) is 24.6 Å². The average Bonchev–Trinajstić information content (AvgIpc) is 2.50. The number of rotatable bonds is 7. The molecule has 106 valence electrons. The molecule has 0 radical (unpaired) electrons. The van der Waals surface area contributed by atoms with Gasteiger partial charge in [-0.25, -0.2) is 0 Å². The van der Waals surface area contributed by atoms with Gasteiger partial charge in [-0.1, -0.05) is 6.07 Å². The molecule has 2 aromatic rings. The molecule has 4 nitrogen and oxygen atoms in total. The van der Waals surface area contributed by atoms with Gasteiger partial charge >= 0.3 is 0 Å².